The number of rotatable bonds is 3. The molecular weight excluding hydrogens is 257 g/mol. The second-order valence-corrected chi connectivity index (χ2v) is 5.07. The largest absolute Gasteiger partial charge is 0.352 e. The molecule has 1 aromatic carbocycles. The van der Waals surface area contributed by atoms with Gasteiger partial charge in [-0.3, -0.25) is 4.79 Å². The van der Waals surface area contributed by atoms with E-state index in [1.807, 2.05) is 6.20 Å². The van der Waals surface area contributed by atoms with Crippen LogP contribution in [0.3, 0.4) is 0 Å². The van der Waals surface area contributed by atoms with Crippen LogP contribution in [0.2, 0.25) is 0 Å². The van der Waals surface area contributed by atoms with Crippen molar-refractivity contribution in [1.29, 1.82) is 0 Å². The van der Waals surface area contributed by atoms with Crippen molar-refractivity contribution in [2.45, 2.75) is 25.9 Å². The third-order valence-corrected chi connectivity index (χ3v) is 3.68. The SMILES string of the molecule is O=C(NCc1cccc(F)c1)C1CCn2ccnc2C1. The quantitative estimate of drug-likeness (QED) is 0.928. The Labute approximate surface area is 116 Å². The fourth-order valence-electron chi connectivity index (χ4n) is 2.56. The lowest BCUT2D eigenvalue weighted by molar-refractivity contribution is -0.125. The summed E-state index contributed by atoms with van der Waals surface area (Å²) in [4.78, 5) is 16.4. The molecule has 0 bridgehead atoms. The second-order valence-electron chi connectivity index (χ2n) is 5.07. The van der Waals surface area contributed by atoms with Crippen molar-refractivity contribution in [1.82, 2.24) is 14.9 Å². The number of benzene rings is 1. The molecule has 2 heterocycles. The number of carbonyl (C=O) groups excluding carboxylic acids is 1. The fraction of sp³-hybridized carbons (Fsp3) is 0.333. The topological polar surface area (TPSA) is 46.9 Å². The molecule has 0 saturated heterocycles. The van der Waals surface area contributed by atoms with E-state index >= 15 is 0 Å². The normalized spacial score (nSPS) is 17.6. The maximum Gasteiger partial charge on any atom is 0.223 e. The van der Waals surface area contributed by atoms with Gasteiger partial charge in [0.15, 0.2) is 0 Å². The molecule has 0 aliphatic carbocycles. The van der Waals surface area contributed by atoms with Crippen LogP contribution in [0.5, 0.6) is 0 Å². The highest BCUT2D eigenvalue weighted by Gasteiger charge is 2.24. The Morgan fingerprint density at radius 1 is 1.50 bits per heavy atom. The number of carbonyl (C=O) groups is 1. The number of amides is 1. The smallest absolute Gasteiger partial charge is 0.223 e. The van der Waals surface area contributed by atoms with E-state index < -0.39 is 0 Å². The highest BCUT2D eigenvalue weighted by molar-refractivity contribution is 5.78. The van der Waals surface area contributed by atoms with Gasteiger partial charge in [0.1, 0.15) is 11.6 Å². The van der Waals surface area contributed by atoms with E-state index in [0.717, 1.165) is 24.4 Å². The van der Waals surface area contributed by atoms with E-state index in [1.165, 1.54) is 12.1 Å². The molecule has 1 aliphatic rings. The van der Waals surface area contributed by atoms with Gasteiger partial charge in [0.2, 0.25) is 5.91 Å². The second kappa shape index (κ2) is 5.45. The van der Waals surface area contributed by atoms with Crippen LogP contribution in [-0.2, 0) is 24.3 Å². The number of aromatic nitrogens is 2. The molecule has 1 unspecified atom stereocenters. The van der Waals surface area contributed by atoms with Crippen molar-refractivity contribution in [3.8, 4) is 0 Å². The number of nitrogens with one attached hydrogen (secondary N) is 1. The number of imidazole rings is 1. The lowest BCUT2D eigenvalue weighted by Crippen LogP contribution is -2.35. The zero-order valence-electron chi connectivity index (χ0n) is 11.1. The maximum absolute atomic E-state index is 13.1. The van der Waals surface area contributed by atoms with Gasteiger partial charge in [-0.1, -0.05) is 12.1 Å². The minimum atomic E-state index is -0.281. The Morgan fingerprint density at radius 3 is 3.25 bits per heavy atom. The van der Waals surface area contributed by atoms with Gasteiger partial charge in [-0.2, -0.15) is 0 Å². The first-order valence-electron chi connectivity index (χ1n) is 6.74. The predicted octanol–water partition coefficient (Wildman–Crippen LogP) is 1.90. The van der Waals surface area contributed by atoms with Crippen molar-refractivity contribution >= 4 is 5.91 Å². The van der Waals surface area contributed by atoms with Crippen molar-refractivity contribution in [3.63, 3.8) is 0 Å². The van der Waals surface area contributed by atoms with E-state index in [2.05, 4.69) is 14.9 Å². The van der Waals surface area contributed by atoms with Crippen LogP contribution >= 0.6 is 0 Å². The van der Waals surface area contributed by atoms with Crippen LogP contribution in [0.1, 0.15) is 17.8 Å². The van der Waals surface area contributed by atoms with Gasteiger partial charge in [-0.15, -0.1) is 0 Å². The molecule has 104 valence electrons. The average Bonchev–Trinajstić information content (AvgIpc) is 2.92. The van der Waals surface area contributed by atoms with Gasteiger partial charge in [0.05, 0.1) is 0 Å². The van der Waals surface area contributed by atoms with E-state index in [-0.39, 0.29) is 17.6 Å². The number of aryl methyl sites for hydroxylation is 1. The molecule has 1 aromatic heterocycles. The van der Waals surface area contributed by atoms with Crippen molar-refractivity contribution < 1.29 is 9.18 Å². The number of hydrogen-bond acceptors (Lipinski definition) is 2. The minimum Gasteiger partial charge on any atom is -0.352 e. The number of nitrogens with zero attached hydrogens (tertiary/aromatic N) is 2. The first-order valence-corrected chi connectivity index (χ1v) is 6.74. The molecule has 0 spiro atoms. The zero-order chi connectivity index (χ0) is 13.9. The summed E-state index contributed by atoms with van der Waals surface area (Å²) in [6, 6.07) is 6.28. The highest BCUT2D eigenvalue weighted by Crippen LogP contribution is 2.19. The lowest BCUT2D eigenvalue weighted by Gasteiger charge is -2.22. The Hall–Kier alpha value is -2.17. The monoisotopic (exact) mass is 273 g/mol. The lowest BCUT2D eigenvalue weighted by atomic mass is 9.97. The molecule has 1 atom stereocenters. The Bertz CT molecular complexity index is 623. The fourth-order valence-corrected chi connectivity index (χ4v) is 2.56. The van der Waals surface area contributed by atoms with E-state index in [0.29, 0.717) is 13.0 Å². The van der Waals surface area contributed by atoms with E-state index in [9.17, 15) is 9.18 Å². The summed E-state index contributed by atoms with van der Waals surface area (Å²) in [6.45, 7) is 1.19. The highest BCUT2D eigenvalue weighted by atomic mass is 19.1. The molecule has 0 fully saturated rings. The zero-order valence-corrected chi connectivity index (χ0v) is 11.1. The molecule has 5 heteroatoms. The summed E-state index contributed by atoms with van der Waals surface area (Å²) in [5.74, 6) is 0.653. The predicted molar refractivity (Wildman–Crippen MR) is 72.3 cm³/mol. The summed E-state index contributed by atoms with van der Waals surface area (Å²) in [5, 5.41) is 2.88. The summed E-state index contributed by atoms with van der Waals surface area (Å²) in [5.41, 5.74) is 0.774. The van der Waals surface area contributed by atoms with Gasteiger partial charge in [0.25, 0.3) is 0 Å². The molecular formula is C15H16FN3O. The molecule has 1 aliphatic heterocycles. The van der Waals surface area contributed by atoms with Gasteiger partial charge in [-0.05, 0) is 24.1 Å². The third-order valence-electron chi connectivity index (χ3n) is 3.68. The van der Waals surface area contributed by atoms with E-state index in [4.69, 9.17) is 0 Å². The van der Waals surface area contributed by atoms with Crippen LogP contribution in [0.4, 0.5) is 4.39 Å². The number of fused-ring (bicyclic) bond motifs is 1. The summed E-state index contributed by atoms with van der Waals surface area (Å²) in [6.07, 6.45) is 5.19. The summed E-state index contributed by atoms with van der Waals surface area (Å²) in [7, 11) is 0. The van der Waals surface area contributed by atoms with E-state index in [1.54, 1.807) is 18.3 Å². The third kappa shape index (κ3) is 2.71. The van der Waals surface area contributed by atoms with Gasteiger partial charge in [-0.25, -0.2) is 9.37 Å². The average molecular weight is 273 g/mol. The molecule has 1 amide bonds. The van der Waals surface area contributed by atoms with Crippen LogP contribution in [0, 0.1) is 11.7 Å². The van der Waals surface area contributed by atoms with Gasteiger partial charge < -0.3 is 9.88 Å². The minimum absolute atomic E-state index is 0.0171. The molecule has 0 radical (unpaired) electrons. The maximum atomic E-state index is 13.1. The van der Waals surface area contributed by atoms with Crippen LogP contribution in [0.25, 0.3) is 0 Å². The van der Waals surface area contributed by atoms with Gasteiger partial charge in [0, 0.05) is 37.8 Å². The van der Waals surface area contributed by atoms with Gasteiger partial charge >= 0.3 is 0 Å². The van der Waals surface area contributed by atoms with Crippen LogP contribution in [0.15, 0.2) is 36.7 Å². The van der Waals surface area contributed by atoms with Crippen LogP contribution in [-0.4, -0.2) is 15.5 Å². The first kappa shape index (κ1) is 12.8. The molecule has 0 saturated carbocycles. The molecule has 4 nitrogen and oxygen atoms in total. The first-order chi connectivity index (χ1) is 9.72. The number of halogens is 1. The van der Waals surface area contributed by atoms with Crippen molar-refractivity contribution in [2.24, 2.45) is 5.92 Å². The molecule has 2 aromatic rings. The Balaban J connectivity index is 1.58. The molecule has 3 rings (SSSR count). The molecule has 20 heavy (non-hydrogen) atoms. The summed E-state index contributed by atoms with van der Waals surface area (Å²) < 4.78 is 15.1. The Kier molecular flexibility index (Phi) is 3.50. The van der Waals surface area contributed by atoms with Crippen molar-refractivity contribution in [3.05, 3.63) is 53.9 Å². The number of hydrogen-bond donors (Lipinski definition) is 1. The Morgan fingerprint density at radius 2 is 2.40 bits per heavy atom. The standard InChI is InChI=1S/C15H16FN3O/c16-13-3-1-2-11(8-13)10-18-15(20)12-4-6-19-7-5-17-14(19)9-12/h1-3,5,7-8,12H,4,6,9-10H2,(H,18,20). The van der Waals surface area contributed by atoms with Crippen LogP contribution < -0.4 is 5.32 Å². The molecule has 1 N–H and O–H groups in total. The summed E-state index contributed by atoms with van der Waals surface area (Å²) >= 11 is 0. The van der Waals surface area contributed by atoms with Crippen molar-refractivity contribution in [2.75, 3.05) is 0 Å².